The van der Waals surface area contributed by atoms with Gasteiger partial charge in [-0.25, -0.2) is 0 Å². The van der Waals surface area contributed by atoms with Crippen molar-refractivity contribution in [1.29, 1.82) is 0 Å². The lowest BCUT2D eigenvalue weighted by Crippen LogP contribution is -2.26. The van der Waals surface area contributed by atoms with E-state index in [1.165, 1.54) is 0 Å². The van der Waals surface area contributed by atoms with Gasteiger partial charge in [0.15, 0.2) is 0 Å². The zero-order valence-electron chi connectivity index (χ0n) is 11.3. The number of nitrogens with two attached hydrogens (primary N) is 1. The zero-order chi connectivity index (χ0) is 13.6. The van der Waals surface area contributed by atoms with Gasteiger partial charge in [0.05, 0.1) is 0 Å². The Kier molecular flexibility index (Phi) is 5.09. The molecular formula is C13H22N4O. The first-order valence-corrected chi connectivity index (χ1v) is 6.10. The van der Waals surface area contributed by atoms with Gasteiger partial charge in [-0.3, -0.25) is 9.78 Å². The second-order valence-electron chi connectivity index (χ2n) is 5.07. The van der Waals surface area contributed by atoms with Gasteiger partial charge in [0.1, 0.15) is 5.69 Å². The molecule has 1 amide bonds. The van der Waals surface area contributed by atoms with Gasteiger partial charge in [0, 0.05) is 25.5 Å². The molecule has 0 aliphatic heterocycles. The van der Waals surface area contributed by atoms with Crippen LogP contribution in [0.25, 0.3) is 0 Å². The number of nitrogens with zero attached hydrogens (tertiary/aromatic N) is 1. The maximum atomic E-state index is 11.5. The molecule has 0 aliphatic rings. The first-order chi connectivity index (χ1) is 8.48. The Labute approximate surface area is 108 Å². The van der Waals surface area contributed by atoms with E-state index in [0.29, 0.717) is 12.2 Å². The summed E-state index contributed by atoms with van der Waals surface area (Å²) in [5.74, 6) is -0.181. The number of carbonyl (C=O) groups excluding carboxylic acids is 1. The largest absolute Gasteiger partial charge is 0.384 e. The van der Waals surface area contributed by atoms with E-state index in [9.17, 15) is 4.79 Å². The lowest BCUT2D eigenvalue weighted by Gasteiger charge is -2.24. The molecule has 100 valence electrons. The molecule has 0 saturated heterocycles. The molecule has 0 bridgehead atoms. The quantitative estimate of drug-likeness (QED) is 0.709. The average molecular weight is 250 g/mol. The first-order valence-electron chi connectivity index (χ1n) is 6.10. The number of hydrogen-bond acceptors (Lipinski definition) is 4. The highest BCUT2D eigenvalue weighted by atomic mass is 16.1. The Balaban J connectivity index is 2.65. The molecule has 5 heteroatoms. The van der Waals surface area contributed by atoms with Crippen molar-refractivity contribution in [3.63, 3.8) is 0 Å². The van der Waals surface area contributed by atoms with Crippen LogP contribution in [0.15, 0.2) is 18.3 Å². The molecule has 0 spiro atoms. The van der Waals surface area contributed by atoms with Crippen LogP contribution in [0.1, 0.15) is 30.8 Å². The van der Waals surface area contributed by atoms with Crippen LogP contribution < -0.4 is 16.4 Å². The van der Waals surface area contributed by atoms with Gasteiger partial charge in [-0.05, 0) is 30.5 Å². The lowest BCUT2D eigenvalue weighted by atomic mass is 9.89. The van der Waals surface area contributed by atoms with Crippen LogP contribution in [-0.2, 0) is 0 Å². The maximum absolute atomic E-state index is 11.5. The number of anilines is 1. The van der Waals surface area contributed by atoms with Gasteiger partial charge in [0.2, 0.25) is 0 Å². The molecule has 1 aromatic rings. The van der Waals surface area contributed by atoms with E-state index in [1.54, 1.807) is 19.3 Å². The van der Waals surface area contributed by atoms with Crippen molar-refractivity contribution in [1.82, 2.24) is 10.3 Å². The summed E-state index contributed by atoms with van der Waals surface area (Å²) in [7, 11) is 1.59. The molecule has 0 radical (unpaired) electrons. The van der Waals surface area contributed by atoms with Gasteiger partial charge in [-0.1, -0.05) is 13.8 Å². The topological polar surface area (TPSA) is 80.0 Å². The van der Waals surface area contributed by atoms with Crippen LogP contribution in [0.4, 0.5) is 5.69 Å². The summed E-state index contributed by atoms with van der Waals surface area (Å²) >= 11 is 0. The minimum absolute atomic E-state index is 0.130. The summed E-state index contributed by atoms with van der Waals surface area (Å²) in [6.45, 7) is 5.80. The van der Waals surface area contributed by atoms with Crippen LogP contribution in [-0.4, -0.2) is 31.0 Å². The Hall–Kier alpha value is -1.62. The molecule has 0 atom stereocenters. The first kappa shape index (κ1) is 14.4. The fraction of sp³-hybridized carbons (Fsp3) is 0.538. The Morgan fingerprint density at radius 3 is 2.83 bits per heavy atom. The summed E-state index contributed by atoms with van der Waals surface area (Å²) < 4.78 is 0. The minimum Gasteiger partial charge on any atom is -0.384 e. The van der Waals surface area contributed by atoms with E-state index in [0.717, 1.165) is 18.7 Å². The van der Waals surface area contributed by atoms with Crippen LogP contribution in [0.3, 0.4) is 0 Å². The van der Waals surface area contributed by atoms with Gasteiger partial charge < -0.3 is 16.4 Å². The molecular weight excluding hydrogens is 228 g/mol. The van der Waals surface area contributed by atoms with Gasteiger partial charge in [-0.15, -0.1) is 0 Å². The van der Waals surface area contributed by atoms with Crippen molar-refractivity contribution in [3.05, 3.63) is 24.0 Å². The molecule has 1 heterocycles. The third-order valence-corrected chi connectivity index (χ3v) is 2.81. The third-order valence-electron chi connectivity index (χ3n) is 2.81. The molecule has 0 aliphatic carbocycles. The van der Waals surface area contributed by atoms with Crippen LogP contribution in [0, 0.1) is 5.41 Å². The van der Waals surface area contributed by atoms with Gasteiger partial charge in [0.25, 0.3) is 5.91 Å². The van der Waals surface area contributed by atoms with Crippen LogP contribution in [0.5, 0.6) is 0 Å². The van der Waals surface area contributed by atoms with Crippen molar-refractivity contribution in [2.24, 2.45) is 11.1 Å². The second-order valence-corrected chi connectivity index (χ2v) is 5.07. The number of carbonyl (C=O) groups is 1. The molecule has 0 unspecified atom stereocenters. The molecule has 0 aromatic carbocycles. The maximum Gasteiger partial charge on any atom is 0.269 e. The average Bonchev–Trinajstić information content (AvgIpc) is 2.36. The molecule has 0 fully saturated rings. The Bertz CT molecular complexity index is 404. The number of hydrogen-bond donors (Lipinski definition) is 3. The zero-order valence-corrected chi connectivity index (χ0v) is 11.3. The third kappa shape index (κ3) is 4.33. The lowest BCUT2D eigenvalue weighted by molar-refractivity contribution is 0.0958. The molecule has 4 N–H and O–H groups in total. The van der Waals surface area contributed by atoms with Crippen molar-refractivity contribution in [2.75, 3.05) is 25.5 Å². The molecule has 18 heavy (non-hydrogen) atoms. The van der Waals surface area contributed by atoms with Crippen molar-refractivity contribution >= 4 is 11.6 Å². The predicted molar refractivity (Wildman–Crippen MR) is 73.6 cm³/mol. The van der Waals surface area contributed by atoms with E-state index in [2.05, 4.69) is 29.5 Å². The Morgan fingerprint density at radius 2 is 2.22 bits per heavy atom. The van der Waals surface area contributed by atoms with Crippen LogP contribution >= 0.6 is 0 Å². The van der Waals surface area contributed by atoms with Gasteiger partial charge >= 0.3 is 0 Å². The van der Waals surface area contributed by atoms with E-state index >= 15 is 0 Å². The summed E-state index contributed by atoms with van der Waals surface area (Å²) in [6, 6.07) is 3.60. The van der Waals surface area contributed by atoms with E-state index in [4.69, 9.17) is 5.73 Å². The van der Waals surface area contributed by atoms with Crippen molar-refractivity contribution in [2.45, 2.75) is 20.3 Å². The number of pyridine rings is 1. The summed E-state index contributed by atoms with van der Waals surface area (Å²) in [5.41, 5.74) is 7.02. The fourth-order valence-electron chi connectivity index (χ4n) is 1.61. The molecule has 5 nitrogen and oxygen atoms in total. The number of aromatic nitrogens is 1. The Morgan fingerprint density at radius 1 is 1.50 bits per heavy atom. The monoisotopic (exact) mass is 250 g/mol. The normalized spacial score (nSPS) is 11.1. The standard InChI is InChI=1S/C13H22N4O/c1-13(2,5-6-14)9-17-10-4-7-16-11(8-10)12(18)15-3/h4,7-8H,5-6,9,14H2,1-3H3,(H,15,18)(H,16,17). The van der Waals surface area contributed by atoms with E-state index < -0.39 is 0 Å². The second kappa shape index (κ2) is 6.35. The number of rotatable bonds is 6. The molecule has 1 rings (SSSR count). The summed E-state index contributed by atoms with van der Waals surface area (Å²) in [4.78, 5) is 15.5. The summed E-state index contributed by atoms with van der Waals surface area (Å²) in [5, 5.41) is 5.87. The highest BCUT2D eigenvalue weighted by Crippen LogP contribution is 2.20. The number of nitrogens with one attached hydrogen (secondary N) is 2. The minimum atomic E-state index is -0.181. The van der Waals surface area contributed by atoms with Crippen LogP contribution in [0.2, 0.25) is 0 Å². The van der Waals surface area contributed by atoms with E-state index in [-0.39, 0.29) is 11.3 Å². The molecule has 1 aromatic heterocycles. The summed E-state index contributed by atoms with van der Waals surface area (Å²) in [6.07, 6.45) is 2.58. The highest BCUT2D eigenvalue weighted by molar-refractivity contribution is 5.92. The van der Waals surface area contributed by atoms with E-state index in [1.807, 2.05) is 6.07 Å². The fourth-order valence-corrected chi connectivity index (χ4v) is 1.61. The predicted octanol–water partition coefficient (Wildman–Crippen LogP) is 1.23. The number of amides is 1. The van der Waals surface area contributed by atoms with Crippen molar-refractivity contribution < 1.29 is 4.79 Å². The smallest absolute Gasteiger partial charge is 0.269 e. The SMILES string of the molecule is CNC(=O)c1cc(NCC(C)(C)CCN)ccn1. The van der Waals surface area contributed by atoms with Crippen molar-refractivity contribution in [3.8, 4) is 0 Å². The highest BCUT2D eigenvalue weighted by Gasteiger charge is 2.16. The molecule has 0 saturated carbocycles. The van der Waals surface area contributed by atoms with Gasteiger partial charge in [-0.2, -0.15) is 0 Å².